The standard InChI is InChI=1S/C30H25NO5/c1-30(2)14-20-26-18-6-4-3-5-16(18)7-9-21(26)31-28(27(20)23(33)15-30)25-12-11-24(36-25)17-8-10-22(32)19(13-17)29(34)35/h3-13,28,31-32H,14-15H2,1-2H3,(H,34,35). The van der Waals surface area contributed by atoms with Crippen molar-refractivity contribution >= 4 is 33.8 Å². The summed E-state index contributed by atoms with van der Waals surface area (Å²) in [4.78, 5) is 25.0. The molecule has 1 unspecified atom stereocenters. The van der Waals surface area contributed by atoms with Crippen LogP contribution >= 0.6 is 0 Å². The molecule has 6 nitrogen and oxygen atoms in total. The summed E-state index contributed by atoms with van der Waals surface area (Å²) in [5.41, 5.74) is 4.01. The summed E-state index contributed by atoms with van der Waals surface area (Å²) >= 11 is 0. The lowest BCUT2D eigenvalue weighted by Crippen LogP contribution is -2.33. The number of carbonyl (C=O) groups excluding carboxylic acids is 1. The molecular weight excluding hydrogens is 454 g/mol. The van der Waals surface area contributed by atoms with Crippen LogP contribution in [0.15, 0.2) is 76.7 Å². The van der Waals surface area contributed by atoms with Gasteiger partial charge in [0.15, 0.2) is 5.78 Å². The molecule has 1 aromatic heterocycles. The number of carbonyl (C=O) groups is 2. The van der Waals surface area contributed by atoms with Gasteiger partial charge in [0.05, 0.1) is 0 Å². The molecule has 180 valence electrons. The van der Waals surface area contributed by atoms with Gasteiger partial charge in [-0.25, -0.2) is 4.79 Å². The molecule has 3 aromatic carbocycles. The zero-order chi connectivity index (χ0) is 25.2. The fraction of sp³-hybridized carbons (Fsp3) is 0.200. The van der Waals surface area contributed by atoms with E-state index in [0.29, 0.717) is 23.5 Å². The number of carboxylic acids is 1. The molecule has 1 aliphatic heterocycles. The number of rotatable bonds is 3. The molecule has 2 heterocycles. The molecule has 0 amide bonds. The van der Waals surface area contributed by atoms with Crippen LogP contribution in [0.5, 0.6) is 5.75 Å². The first-order valence-electron chi connectivity index (χ1n) is 11.9. The number of anilines is 1. The lowest BCUT2D eigenvalue weighted by atomic mass is 9.68. The third-order valence-corrected chi connectivity index (χ3v) is 7.16. The van der Waals surface area contributed by atoms with Crippen LogP contribution in [0.3, 0.4) is 0 Å². The van der Waals surface area contributed by atoms with E-state index in [0.717, 1.165) is 39.6 Å². The summed E-state index contributed by atoms with van der Waals surface area (Å²) in [5, 5.41) is 25.0. The van der Waals surface area contributed by atoms with Gasteiger partial charge < -0.3 is 19.9 Å². The fourth-order valence-electron chi connectivity index (χ4n) is 5.57. The van der Waals surface area contributed by atoms with Crippen molar-refractivity contribution in [1.29, 1.82) is 0 Å². The molecular formula is C30H25NO5. The number of ketones is 1. The zero-order valence-electron chi connectivity index (χ0n) is 20.0. The first kappa shape index (κ1) is 22.2. The largest absolute Gasteiger partial charge is 0.507 e. The maximum Gasteiger partial charge on any atom is 0.339 e. The number of Topliss-reactive ketones (excluding diaryl/α,β-unsaturated/α-hetero) is 1. The van der Waals surface area contributed by atoms with Crippen LogP contribution in [0.2, 0.25) is 0 Å². The van der Waals surface area contributed by atoms with Gasteiger partial charge in [0, 0.05) is 28.8 Å². The van der Waals surface area contributed by atoms with Crippen LogP contribution in [0.1, 0.15) is 54.4 Å². The Morgan fingerprint density at radius 1 is 1.03 bits per heavy atom. The highest BCUT2D eigenvalue weighted by Gasteiger charge is 2.41. The smallest absolute Gasteiger partial charge is 0.339 e. The maximum atomic E-state index is 13.6. The lowest BCUT2D eigenvalue weighted by molar-refractivity contribution is -0.118. The van der Waals surface area contributed by atoms with E-state index in [1.807, 2.05) is 18.2 Å². The van der Waals surface area contributed by atoms with Gasteiger partial charge in [-0.05, 0) is 64.6 Å². The molecule has 0 fully saturated rings. The van der Waals surface area contributed by atoms with Gasteiger partial charge in [-0.2, -0.15) is 0 Å². The molecule has 0 radical (unpaired) electrons. The minimum Gasteiger partial charge on any atom is -0.507 e. The number of nitrogens with one attached hydrogen (secondary N) is 1. The number of allylic oxidation sites excluding steroid dienone is 1. The monoisotopic (exact) mass is 479 g/mol. The van der Waals surface area contributed by atoms with Gasteiger partial charge in [-0.3, -0.25) is 4.79 Å². The molecule has 0 spiro atoms. The second-order valence-corrected chi connectivity index (χ2v) is 10.4. The van der Waals surface area contributed by atoms with E-state index in [-0.39, 0.29) is 22.5 Å². The van der Waals surface area contributed by atoms with E-state index in [2.05, 4.69) is 43.4 Å². The number of aromatic carboxylic acids is 1. The van der Waals surface area contributed by atoms with Gasteiger partial charge in [0.25, 0.3) is 0 Å². The highest BCUT2D eigenvalue weighted by molar-refractivity contribution is 6.12. The number of fused-ring (bicyclic) bond motifs is 4. The van der Waals surface area contributed by atoms with Crippen LogP contribution in [0, 0.1) is 5.41 Å². The first-order valence-corrected chi connectivity index (χ1v) is 11.9. The number of carboxylic acid groups (broad SMARTS) is 1. The Balaban J connectivity index is 1.50. The topological polar surface area (TPSA) is 99.8 Å². The van der Waals surface area contributed by atoms with E-state index >= 15 is 0 Å². The van der Waals surface area contributed by atoms with Crippen molar-refractivity contribution in [2.24, 2.45) is 5.41 Å². The Labute approximate surface area is 207 Å². The van der Waals surface area contributed by atoms with E-state index in [1.54, 1.807) is 12.1 Å². The normalized spacial score (nSPS) is 18.5. The number of aromatic hydroxyl groups is 1. The van der Waals surface area contributed by atoms with Crippen molar-refractivity contribution in [3.8, 4) is 17.1 Å². The Morgan fingerprint density at radius 2 is 1.83 bits per heavy atom. The van der Waals surface area contributed by atoms with Crippen LogP contribution in [0.25, 0.3) is 27.7 Å². The molecule has 0 saturated carbocycles. The number of furan rings is 1. The minimum absolute atomic E-state index is 0.105. The lowest BCUT2D eigenvalue weighted by Gasteiger charge is -2.39. The Bertz CT molecular complexity index is 1610. The molecule has 2 aliphatic rings. The number of benzene rings is 3. The summed E-state index contributed by atoms with van der Waals surface area (Å²) < 4.78 is 6.21. The van der Waals surface area contributed by atoms with E-state index < -0.39 is 12.0 Å². The Hall–Kier alpha value is -4.32. The average Bonchev–Trinajstić information content (AvgIpc) is 3.32. The number of hydrogen-bond donors (Lipinski definition) is 3. The van der Waals surface area contributed by atoms with E-state index in [4.69, 9.17) is 4.42 Å². The second-order valence-electron chi connectivity index (χ2n) is 10.4. The summed E-state index contributed by atoms with van der Waals surface area (Å²) in [6.45, 7) is 4.26. The third kappa shape index (κ3) is 3.49. The predicted octanol–water partition coefficient (Wildman–Crippen LogP) is 6.81. The summed E-state index contributed by atoms with van der Waals surface area (Å²) in [5.74, 6) is -0.378. The molecule has 0 saturated heterocycles. The SMILES string of the molecule is CC1(C)CC(=O)C2=C(C1)c1c(ccc3ccccc13)NC2c1ccc(-c2ccc(O)c(C(=O)O)c2)o1. The summed E-state index contributed by atoms with van der Waals surface area (Å²) in [6, 6.07) is 19.8. The molecule has 1 atom stereocenters. The molecule has 36 heavy (non-hydrogen) atoms. The Morgan fingerprint density at radius 3 is 2.64 bits per heavy atom. The van der Waals surface area contributed by atoms with Crippen LogP contribution in [-0.4, -0.2) is 22.0 Å². The average molecular weight is 480 g/mol. The van der Waals surface area contributed by atoms with Crippen molar-refractivity contribution in [3.63, 3.8) is 0 Å². The first-order chi connectivity index (χ1) is 17.2. The highest BCUT2D eigenvalue weighted by atomic mass is 16.4. The van der Waals surface area contributed by atoms with Gasteiger partial charge in [0.1, 0.15) is 28.9 Å². The van der Waals surface area contributed by atoms with Crippen molar-refractivity contribution in [3.05, 3.63) is 89.2 Å². The van der Waals surface area contributed by atoms with Crippen molar-refractivity contribution in [2.45, 2.75) is 32.7 Å². The quantitative estimate of drug-likeness (QED) is 0.298. The van der Waals surface area contributed by atoms with Crippen molar-refractivity contribution in [2.75, 3.05) is 5.32 Å². The van der Waals surface area contributed by atoms with Gasteiger partial charge in [-0.1, -0.05) is 44.2 Å². The number of phenols is 1. The van der Waals surface area contributed by atoms with Crippen LogP contribution < -0.4 is 5.32 Å². The molecule has 4 aromatic rings. The van der Waals surface area contributed by atoms with Crippen molar-refractivity contribution < 1.29 is 24.2 Å². The highest BCUT2D eigenvalue weighted by Crippen LogP contribution is 2.52. The minimum atomic E-state index is -1.22. The van der Waals surface area contributed by atoms with Gasteiger partial charge in [0.2, 0.25) is 0 Å². The fourth-order valence-corrected chi connectivity index (χ4v) is 5.57. The molecule has 6 heteroatoms. The second kappa shape index (κ2) is 7.85. The van der Waals surface area contributed by atoms with E-state index in [1.165, 1.54) is 12.1 Å². The Kier molecular flexibility index (Phi) is 4.83. The summed E-state index contributed by atoms with van der Waals surface area (Å²) in [6.07, 6.45) is 1.23. The van der Waals surface area contributed by atoms with E-state index in [9.17, 15) is 19.8 Å². The predicted molar refractivity (Wildman–Crippen MR) is 138 cm³/mol. The molecule has 6 rings (SSSR count). The van der Waals surface area contributed by atoms with Crippen LogP contribution in [-0.2, 0) is 4.79 Å². The maximum absolute atomic E-state index is 13.6. The third-order valence-electron chi connectivity index (χ3n) is 7.16. The van der Waals surface area contributed by atoms with Gasteiger partial charge in [-0.15, -0.1) is 0 Å². The zero-order valence-corrected chi connectivity index (χ0v) is 20.0. The summed E-state index contributed by atoms with van der Waals surface area (Å²) in [7, 11) is 0. The molecule has 1 aliphatic carbocycles. The number of hydrogen-bond acceptors (Lipinski definition) is 5. The molecule has 0 bridgehead atoms. The molecule has 3 N–H and O–H groups in total. The van der Waals surface area contributed by atoms with Crippen molar-refractivity contribution in [1.82, 2.24) is 0 Å². The van der Waals surface area contributed by atoms with Gasteiger partial charge >= 0.3 is 5.97 Å². The van der Waals surface area contributed by atoms with Crippen LogP contribution in [0.4, 0.5) is 5.69 Å².